The fourth-order valence-corrected chi connectivity index (χ4v) is 34.0. The normalized spacial score (nSPS) is 14.6. The van der Waals surface area contributed by atoms with Gasteiger partial charge in [0.15, 0.2) is 0 Å². The van der Waals surface area contributed by atoms with Gasteiger partial charge in [-0.2, -0.15) is 0 Å². The molecule has 0 aromatic heterocycles. The molecular formula is C14H41N6P3+2. The average Bonchev–Trinajstić information content (AvgIpc) is 2.35. The standard InChI is InChI=1S/C14H41N6P3/c1-14-21(22(15(2)3,16(4)5)17(6)7)23(18(8)9,19(10)11)20(12)13/h14H2,1-13H3/q+2. The summed E-state index contributed by atoms with van der Waals surface area (Å²) in [7, 11) is 23.6. The van der Waals surface area contributed by atoms with Crippen molar-refractivity contribution in [3.05, 3.63) is 0 Å². The highest BCUT2D eigenvalue weighted by molar-refractivity contribution is 8.66. The van der Waals surface area contributed by atoms with Crippen molar-refractivity contribution in [3.8, 4) is 0 Å². The SMILES string of the molecule is CCP([P+](N(C)C)(N(C)C)N(C)C)[P+](N(C)C)(N(C)C)N(C)C. The summed E-state index contributed by atoms with van der Waals surface area (Å²) < 4.78 is 15.0. The lowest BCUT2D eigenvalue weighted by molar-refractivity contribution is 0.472. The Hall–Kier alpha value is 1.05. The zero-order chi connectivity index (χ0) is 18.7. The minimum absolute atomic E-state index is 0.313. The zero-order valence-corrected chi connectivity index (χ0v) is 20.4. The van der Waals surface area contributed by atoms with Gasteiger partial charge in [0.05, 0.1) is 0 Å². The highest BCUT2D eigenvalue weighted by atomic mass is 32.5. The molecule has 0 aromatic rings. The topological polar surface area (TPSA) is 19.4 Å². The van der Waals surface area contributed by atoms with Gasteiger partial charge in [0.25, 0.3) is 14.8 Å². The molecule has 140 valence electrons. The number of rotatable bonds is 9. The van der Waals surface area contributed by atoms with Gasteiger partial charge in [0.2, 0.25) is 0 Å². The molecule has 0 spiro atoms. The Labute approximate surface area is 148 Å². The molecule has 0 aliphatic carbocycles. The van der Waals surface area contributed by atoms with E-state index < -0.39 is 14.8 Å². The summed E-state index contributed by atoms with van der Waals surface area (Å²) in [5.74, 6) is 0. The molecule has 0 saturated carbocycles. The van der Waals surface area contributed by atoms with Crippen molar-refractivity contribution in [2.45, 2.75) is 6.92 Å². The number of nitrogens with zero attached hydrogens (tertiary/aromatic N) is 6. The maximum Gasteiger partial charge on any atom is 0.319 e. The lowest BCUT2D eigenvalue weighted by atomic mass is 11.0. The minimum atomic E-state index is -1.62. The highest BCUT2D eigenvalue weighted by Gasteiger charge is 2.73. The summed E-state index contributed by atoms with van der Waals surface area (Å²) in [5.41, 5.74) is 0. The van der Waals surface area contributed by atoms with Crippen LogP contribution in [0.2, 0.25) is 0 Å². The van der Waals surface area contributed by atoms with E-state index >= 15 is 0 Å². The van der Waals surface area contributed by atoms with Crippen LogP contribution >= 0.6 is 22.1 Å². The van der Waals surface area contributed by atoms with Gasteiger partial charge in [-0.25, -0.2) is 0 Å². The maximum absolute atomic E-state index is 2.51. The Morgan fingerprint density at radius 3 is 0.739 bits per heavy atom. The van der Waals surface area contributed by atoms with Crippen molar-refractivity contribution in [2.24, 2.45) is 0 Å². The van der Waals surface area contributed by atoms with E-state index in [1.807, 2.05) is 0 Å². The molecule has 0 atom stereocenters. The van der Waals surface area contributed by atoms with Crippen LogP contribution in [-0.2, 0) is 0 Å². The van der Waals surface area contributed by atoms with Crippen LogP contribution in [-0.4, -0.2) is 119 Å². The Morgan fingerprint density at radius 2 is 0.652 bits per heavy atom. The van der Waals surface area contributed by atoms with E-state index in [4.69, 9.17) is 0 Å². The van der Waals surface area contributed by atoms with Crippen molar-refractivity contribution in [3.63, 3.8) is 0 Å². The predicted molar refractivity (Wildman–Crippen MR) is 113 cm³/mol. The zero-order valence-electron chi connectivity index (χ0n) is 17.7. The fraction of sp³-hybridized carbons (Fsp3) is 1.00. The molecule has 0 bridgehead atoms. The summed E-state index contributed by atoms with van der Waals surface area (Å²) >= 11 is 0. The van der Waals surface area contributed by atoms with Crippen LogP contribution in [0.4, 0.5) is 0 Å². The van der Waals surface area contributed by atoms with Gasteiger partial charge in [-0.3, -0.25) is 0 Å². The Bertz CT molecular complexity index is 285. The molecule has 0 unspecified atom stereocenters. The molecule has 23 heavy (non-hydrogen) atoms. The largest absolute Gasteiger partial charge is 0.319 e. The summed E-state index contributed by atoms with van der Waals surface area (Å²) in [6.07, 6.45) is 1.21. The van der Waals surface area contributed by atoms with Crippen LogP contribution in [0, 0.1) is 0 Å². The average molecular weight is 386 g/mol. The van der Waals surface area contributed by atoms with E-state index in [9.17, 15) is 0 Å². The van der Waals surface area contributed by atoms with E-state index in [0.717, 1.165) is 0 Å². The van der Waals surface area contributed by atoms with Crippen molar-refractivity contribution >= 4 is 22.1 Å². The summed E-state index contributed by atoms with van der Waals surface area (Å²) in [6, 6.07) is 0. The maximum atomic E-state index is 2.51. The summed E-state index contributed by atoms with van der Waals surface area (Å²) in [5, 5.41) is 0. The Morgan fingerprint density at radius 1 is 0.478 bits per heavy atom. The molecule has 0 rings (SSSR count). The van der Waals surface area contributed by atoms with Gasteiger partial charge in [0, 0.05) is 90.7 Å². The molecule has 9 heteroatoms. The molecule has 0 saturated heterocycles. The quantitative estimate of drug-likeness (QED) is 0.563. The Balaban J connectivity index is 6.68. The third kappa shape index (κ3) is 3.92. The lowest BCUT2D eigenvalue weighted by Crippen LogP contribution is -2.41. The predicted octanol–water partition coefficient (Wildman–Crippen LogP) is 3.21. The van der Waals surface area contributed by atoms with Crippen molar-refractivity contribution in [1.29, 1.82) is 0 Å². The highest BCUT2D eigenvalue weighted by Crippen LogP contribution is 3.05. The second-order valence-electron chi connectivity index (χ2n) is 6.85. The van der Waals surface area contributed by atoms with Crippen LogP contribution in [0.25, 0.3) is 0 Å². The third-order valence-electron chi connectivity index (χ3n) is 4.12. The molecule has 0 aromatic carbocycles. The molecule has 6 nitrogen and oxygen atoms in total. The first-order valence-electron chi connectivity index (χ1n) is 7.99. The van der Waals surface area contributed by atoms with E-state index in [2.05, 4.69) is 120 Å². The van der Waals surface area contributed by atoms with Gasteiger partial charge in [-0.05, 0) is 0 Å². The molecule has 0 aliphatic heterocycles. The first kappa shape index (κ1) is 24.1. The van der Waals surface area contributed by atoms with E-state index in [1.54, 1.807) is 0 Å². The van der Waals surface area contributed by atoms with Gasteiger partial charge >= 0.3 is 7.30 Å². The summed E-state index contributed by atoms with van der Waals surface area (Å²) in [4.78, 5) is 0. The first-order valence-corrected chi connectivity index (χ1v) is 14.2. The van der Waals surface area contributed by atoms with E-state index in [-0.39, 0.29) is 7.30 Å². The summed E-state index contributed by atoms with van der Waals surface area (Å²) in [6.45, 7) is 2.38. The number of hydrogen-bond acceptors (Lipinski definition) is 6. The van der Waals surface area contributed by atoms with E-state index in [0.29, 0.717) is 0 Å². The van der Waals surface area contributed by atoms with Gasteiger partial charge in [0.1, 0.15) is 0 Å². The van der Waals surface area contributed by atoms with Crippen molar-refractivity contribution in [1.82, 2.24) is 28.0 Å². The first-order chi connectivity index (χ1) is 10.4. The lowest BCUT2D eigenvalue weighted by Gasteiger charge is -2.49. The molecule has 0 N–H and O–H groups in total. The van der Waals surface area contributed by atoms with Crippen LogP contribution in [0.1, 0.15) is 6.92 Å². The van der Waals surface area contributed by atoms with Crippen LogP contribution in [0.15, 0.2) is 0 Å². The monoisotopic (exact) mass is 386 g/mol. The van der Waals surface area contributed by atoms with Crippen LogP contribution < -0.4 is 0 Å². The number of hydrogen-bond donors (Lipinski definition) is 0. The fourth-order valence-electron chi connectivity index (χ4n) is 3.93. The van der Waals surface area contributed by atoms with Crippen molar-refractivity contribution < 1.29 is 0 Å². The van der Waals surface area contributed by atoms with Gasteiger partial charge in [-0.15, -0.1) is 28.0 Å². The van der Waals surface area contributed by atoms with E-state index in [1.165, 1.54) is 6.16 Å². The molecule has 0 amide bonds. The third-order valence-corrected chi connectivity index (χ3v) is 28.5. The van der Waals surface area contributed by atoms with Crippen LogP contribution in [0.5, 0.6) is 0 Å². The molecule has 0 aliphatic rings. The molecular weight excluding hydrogens is 345 g/mol. The molecule has 0 fully saturated rings. The van der Waals surface area contributed by atoms with Crippen LogP contribution in [0.3, 0.4) is 0 Å². The smallest absolute Gasteiger partial charge is 0.149 e. The molecule has 0 radical (unpaired) electrons. The van der Waals surface area contributed by atoms with Gasteiger partial charge in [-0.1, -0.05) is 6.92 Å². The molecule has 0 heterocycles. The second kappa shape index (κ2) is 9.12. The minimum Gasteiger partial charge on any atom is -0.149 e. The van der Waals surface area contributed by atoms with Gasteiger partial charge < -0.3 is 0 Å². The second-order valence-corrected chi connectivity index (χ2v) is 22.2. The Kier molecular flexibility index (Phi) is 9.54. The van der Waals surface area contributed by atoms with Crippen molar-refractivity contribution in [2.75, 3.05) is 90.7 Å².